The summed E-state index contributed by atoms with van der Waals surface area (Å²) < 4.78 is 6.24. The van der Waals surface area contributed by atoms with E-state index >= 15 is 0 Å². The van der Waals surface area contributed by atoms with Crippen LogP contribution in [0.5, 0.6) is 5.75 Å². The van der Waals surface area contributed by atoms with Gasteiger partial charge in [-0.1, -0.05) is 28.1 Å². The molecule has 4 heteroatoms. The number of nitrogen functional groups attached to an aromatic ring is 1. The van der Waals surface area contributed by atoms with Crippen molar-refractivity contribution in [2.24, 2.45) is 0 Å². The van der Waals surface area contributed by atoms with Crippen molar-refractivity contribution >= 4 is 33.4 Å². The van der Waals surface area contributed by atoms with Gasteiger partial charge in [0.05, 0.1) is 12.8 Å². The fourth-order valence-electron chi connectivity index (χ4n) is 1.60. The number of thioether (sulfide) groups is 1. The van der Waals surface area contributed by atoms with Crippen LogP contribution in [0.15, 0.2) is 51.8 Å². The Balaban J connectivity index is 2.04. The molecule has 0 aliphatic heterocycles. The summed E-state index contributed by atoms with van der Waals surface area (Å²) in [5.41, 5.74) is 7.76. The molecule has 0 amide bonds. The van der Waals surface area contributed by atoms with Gasteiger partial charge >= 0.3 is 0 Å². The van der Waals surface area contributed by atoms with Gasteiger partial charge in [-0.05, 0) is 35.9 Å². The average Bonchev–Trinajstić information content (AvgIpc) is 2.37. The fraction of sp³-hybridized carbons (Fsp3) is 0.143. The molecule has 2 rings (SSSR count). The second-order valence-electron chi connectivity index (χ2n) is 3.82. The largest absolute Gasteiger partial charge is 0.495 e. The summed E-state index contributed by atoms with van der Waals surface area (Å²) in [5.74, 6) is 1.62. The van der Waals surface area contributed by atoms with Gasteiger partial charge in [0.25, 0.3) is 0 Å². The standard InChI is InChI=1S/C14H14BrNOS/c1-17-14-6-5-10(7-13(14)16)9-18-12-4-2-3-11(15)8-12/h2-8H,9,16H2,1H3. The lowest BCUT2D eigenvalue weighted by molar-refractivity contribution is 0.417. The van der Waals surface area contributed by atoms with Crippen LogP contribution < -0.4 is 10.5 Å². The zero-order valence-electron chi connectivity index (χ0n) is 10.0. The first-order chi connectivity index (χ1) is 8.69. The summed E-state index contributed by atoms with van der Waals surface area (Å²) in [7, 11) is 1.63. The minimum atomic E-state index is 0.685. The highest BCUT2D eigenvalue weighted by Crippen LogP contribution is 2.28. The van der Waals surface area contributed by atoms with E-state index in [1.807, 2.05) is 30.3 Å². The van der Waals surface area contributed by atoms with Crippen LogP contribution in [-0.2, 0) is 5.75 Å². The summed E-state index contributed by atoms with van der Waals surface area (Å²) in [6.45, 7) is 0. The normalized spacial score (nSPS) is 10.3. The van der Waals surface area contributed by atoms with Gasteiger partial charge in [0, 0.05) is 15.1 Å². The third-order valence-electron chi connectivity index (χ3n) is 2.50. The van der Waals surface area contributed by atoms with Gasteiger partial charge in [0.15, 0.2) is 0 Å². The molecule has 0 aliphatic rings. The molecule has 0 spiro atoms. The second kappa shape index (κ2) is 6.16. The summed E-state index contributed by atoms with van der Waals surface area (Å²) >= 11 is 5.25. The number of anilines is 1. The SMILES string of the molecule is COc1ccc(CSc2cccc(Br)c2)cc1N. The maximum absolute atomic E-state index is 5.88. The quantitative estimate of drug-likeness (QED) is 0.671. The van der Waals surface area contributed by atoms with Crippen LogP contribution in [0.2, 0.25) is 0 Å². The number of halogens is 1. The zero-order chi connectivity index (χ0) is 13.0. The zero-order valence-corrected chi connectivity index (χ0v) is 12.4. The molecule has 0 unspecified atom stereocenters. The molecule has 0 atom stereocenters. The van der Waals surface area contributed by atoms with E-state index in [-0.39, 0.29) is 0 Å². The topological polar surface area (TPSA) is 35.2 Å². The molecule has 0 saturated heterocycles. The van der Waals surface area contributed by atoms with E-state index in [1.165, 1.54) is 10.5 Å². The molecule has 2 aromatic carbocycles. The lowest BCUT2D eigenvalue weighted by Gasteiger charge is -2.07. The van der Waals surface area contributed by atoms with Crippen LogP contribution in [0.4, 0.5) is 5.69 Å². The summed E-state index contributed by atoms with van der Waals surface area (Å²) in [6.07, 6.45) is 0. The lowest BCUT2D eigenvalue weighted by Crippen LogP contribution is -1.93. The van der Waals surface area contributed by atoms with Crippen LogP contribution in [0.3, 0.4) is 0 Å². The molecule has 0 heterocycles. The minimum Gasteiger partial charge on any atom is -0.495 e. The molecule has 0 aliphatic carbocycles. The Morgan fingerprint density at radius 1 is 1.22 bits per heavy atom. The number of benzene rings is 2. The Bertz CT molecular complexity index is 545. The Kier molecular flexibility index (Phi) is 4.55. The van der Waals surface area contributed by atoms with Gasteiger partial charge in [-0.15, -0.1) is 11.8 Å². The maximum Gasteiger partial charge on any atom is 0.141 e. The third kappa shape index (κ3) is 3.43. The highest BCUT2D eigenvalue weighted by Gasteiger charge is 2.02. The molecule has 0 bridgehead atoms. The smallest absolute Gasteiger partial charge is 0.141 e. The molecule has 0 fully saturated rings. The van der Waals surface area contributed by atoms with Crippen molar-refractivity contribution in [3.63, 3.8) is 0 Å². The van der Waals surface area contributed by atoms with Crippen LogP contribution >= 0.6 is 27.7 Å². The summed E-state index contributed by atoms with van der Waals surface area (Å²) in [6, 6.07) is 14.2. The highest BCUT2D eigenvalue weighted by atomic mass is 79.9. The van der Waals surface area contributed by atoms with Crippen molar-refractivity contribution in [1.29, 1.82) is 0 Å². The third-order valence-corrected chi connectivity index (χ3v) is 4.05. The number of hydrogen-bond acceptors (Lipinski definition) is 3. The van der Waals surface area contributed by atoms with E-state index < -0.39 is 0 Å². The molecule has 94 valence electrons. The van der Waals surface area contributed by atoms with Gasteiger partial charge in [-0.2, -0.15) is 0 Å². The van der Waals surface area contributed by atoms with Crippen molar-refractivity contribution in [2.75, 3.05) is 12.8 Å². The first-order valence-corrected chi connectivity index (χ1v) is 7.27. The Morgan fingerprint density at radius 2 is 2.06 bits per heavy atom. The van der Waals surface area contributed by atoms with E-state index in [0.29, 0.717) is 5.69 Å². The molecular formula is C14H14BrNOS. The molecule has 2 nitrogen and oxygen atoms in total. The summed E-state index contributed by atoms with van der Waals surface area (Å²) in [5, 5.41) is 0. The van der Waals surface area contributed by atoms with E-state index in [4.69, 9.17) is 10.5 Å². The van der Waals surface area contributed by atoms with Crippen molar-refractivity contribution in [2.45, 2.75) is 10.6 Å². The molecule has 0 radical (unpaired) electrons. The Morgan fingerprint density at radius 3 is 2.72 bits per heavy atom. The van der Waals surface area contributed by atoms with E-state index in [2.05, 4.69) is 28.1 Å². The van der Waals surface area contributed by atoms with Crippen molar-refractivity contribution < 1.29 is 4.74 Å². The molecule has 2 aromatic rings. The lowest BCUT2D eigenvalue weighted by atomic mass is 10.2. The van der Waals surface area contributed by atoms with Gasteiger partial charge in [-0.3, -0.25) is 0 Å². The van der Waals surface area contributed by atoms with Crippen LogP contribution in [-0.4, -0.2) is 7.11 Å². The molecular weight excluding hydrogens is 310 g/mol. The maximum atomic E-state index is 5.88. The van der Waals surface area contributed by atoms with Crippen molar-refractivity contribution in [3.8, 4) is 5.75 Å². The first-order valence-electron chi connectivity index (χ1n) is 5.50. The number of ether oxygens (including phenoxy) is 1. The minimum absolute atomic E-state index is 0.685. The predicted molar refractivity (Wildman–Crippen MR) is 81.1 cm³/mol. The monoisotopic (exact) mass is 323 g/mol. The Hall–Kier alpha value is -1.13. The average molecular weight is 324 g/mol. The van der Waals surface area contributed by atoms with Gasteiger partial charge in [0.1, 0.15) is 5.75 Å². The predicted octanol–water partition coefficient (Wildman–Crippen LogP) is 4.33. The van der Waals surface area contributed by atoms with Crippen molar-refractivity contribution in [3.05, 3.63) is 52.5 Å². The van der Waals surface area contributed by atoms with Crippen molar-refractivity contribution in [1.82, 2.24) is 0 Å². The number of nitrogens with two attached hydrogens (primary N) is 1. The number of methoxy groups -OCH3 is 1. The van der Waals surface area contributed by atoms with Crippen LogP contribution in [0.1, 0.15) is 5.56 Å². The second-order valence-corrected chi connectivity index (χ2v) is 5.79. The van der Waals surface area contributed by atoms with Gasteiger partial charge in [0.2, 0.25) is 0 Å². The van der Waals surface area contributed by atoms with E-state index in [1.54, 1.807) is 18.9 Å². The number of hydrogen-bond donors (Lipinski definition) is 1. The van der Waals surface area contributed by atoms with E-state index in [9.17, 15) is 0 Å². The molecule has 0 saturated carbocycles. The first kappa shape index (κ1) is 13.3. The van der Waals surface area contributed by atoms with Crippen LogP contribution in [0.25, 0.3) is 0 Å². The summed E-state index contributed by atoms with van der Waals surface area (Å²) in [4.78, 5) is 1.23. The van der Waals surface area contributed by atoms with Gasteiger partial charge in [-0.25, -0.2) is 0 Å². The molecule has 0 aromatic heterocycles. The Labute approximate surface area is 120 Å². The highest BCUT2D eigenvalue weighted by molar-refractivity contribution is 9.10. The van der Waals surface area contributed by atoms with Crippen LogP contribution in [0, 0.1) is 0 Å². The fourth-order valence-corrected chi connectivity index (χ4v) is 3.05. The van der Waals surface area contributed by atoms with E-state index in [0.717, 1.165) is 16.0 Å². The molecule has 2 N–H and O–H groups in total. The molecule has 18 heavy (non-hydrogen) atoms. The van der Waals surface area contributed by atoms with Gasteiger partial charge < -0.3 is 10.5 Å². The number of rotatable bonds is 4.